The number of nitrogens with one attached hydrogen (secondary N) is 1. The number of carbonyl (C=O) groups is 2. The van der Waals surface area contributed by atoms with Crippen LogP contribution in [0, 0.1) is 0 Å². The van der Waals surface area contributed by atoms with Gasteiger partial charge in [0.15, 0.2) is 0 Å². The van der Waals surface area contributed by atoms with Crippen LogP contribution in [0.2, 0.25) is 10.0 Å². The van der Waals surface area contributed by atoms with Gasteiger partial charge in [-0.15, -0.1) is 0 Å². The highest BCUT2D eigenvalue weighted by Crippen LogP contribution is 2.29. The summed E-state index contributed by atoms with van der Waals surface area (Å²) in [6, 6.07) is 14.0. The molecule has 7 heteroatoms. The van der Waals surface area contributed by atoms with Crippen molar-refractivity contribution in [2.24, 2.45) is 5.73 Å². The van der Waals surface area contributed by atoms with Crippen LogP contribution in [0.4, 0.5) is 5.69 Å². The number of para-hydroxylation sites is 1. The first-order valence-electron chi connectivity index (χ1n) is 8.15. The number of rotatable bonds is 6. The van der Waals surface area contributed by atoms with E-state index in [-0.39, 0.29) is 12.5 Å². The van der Waals surface area contributed by atoms with Crippen LogP contribution in [0.15, 0.2) is 48.5 Å². The molecular weight excluding hydrogens is 373 g/mol. The van der Waals surface area contributed by atoms with Crippen molar-refractivity contribution >= 4 is 40.7 Å². The van der Waals surface area contributed by atoms with Gasteiger partial charge in [-0.25, -0.2) is 0 Å². The fourth-order valence-electron chi connectivity index (χ4n) is 2.53. The zero-order valence-corrected chi connectivity index (χ0v) is 16.1. The van der Waals surface area contributed by atoms with E-state index in [9.17, 15) is 9.59 Å². The molecule has 0 aromatic heterocycles. The second-order valence-corrected chi connectivity index (χ2v) is 6.85. The average Bonchev–Trinajstić information content (AvgIpc) is 2.63. The maximum Gasteiger partial charge on any atom is 0.247 e. The normalized spacial score (nSPS) is 13.0. The molecule has 0 heterocycles. The van der Waals surface area contributed by atoms with Crippen molar-refractivity contribution in [1.82, 2.24) is 4.90 Å². The van der Waals surface area contributed by atoms with Crippen LogP contribution in [-0.4, -0.2) is 29.8 Å². The SMILES string of the molecule is CCN(CC(=O)Nc1c(Cl)cccc1Cl)C(=O)C(C)(N)c1ccccc1. The number of halogens is 2. The zero-order chi connectivity index (χ0) is 19.3. The molecule has 0 spiro atoms. The van der Waals surface area contributed by atoms with Gasteiger partial charge < -0.3 is 16.0 Å². The molecule has 5 nitrogen and oxygen atoms in total. The summed E-state index contributed by atoms with van der Waals surface area (Å²) in [6.07, 6.45) is 0. The smallest absolute Gasteiger partial charge is 0.247 e. The highest BCUT2D eigenvalue weighted by atomic mass is 35.5. The third-order valence-electron chi connectivity index (χ3n) is 4.05. The second-order valence-electron chi connectivity index (χ2n) is 6.03. The lowest BCUT2D eigenvalue weighted by atomic mass is 9.91. The summed E-state index contributed by atoms with van der Waals surface area (Å²) in [6.45, 7) is 3.60. The number of nitrogens with zero attached hydrogens (tertiary/aromatic N) is 1. The van der Waals surface area contributed by atoms with Gasteiger partial charge in [0.05, 0.1) is 22.3 Å². The number of amides is 2. The highest BCUT2D eigenvalue weighted by Gasteiger charge is 2.34. The molecule has 0 aliphatic carbocycles. The lowest BCUT2D eigenvalue weighted by Crippen LogP contribution is -2.52. The maximum absolute atomic E-state index is 12.9. The molecule has 0 bridgehead atoms. The Morgan fingerprint density at radius 2 is 1.65 bits per heavy atom. The Kier molecular flexibility index (Phi) is 6.64. The van der Waals surface area contributed by atoms with Gasteiger partial charge in [-0.1, -0.05) is 59.6 Å². The van der Waals surface area contributed by atoms with Crippen LogP contribution in [0.1, 0.15) is 19.4 Å². The Labute approximate surface area is 163 Å². The summed E-state index contributed by atoms with van der Waals surface area (Å²) in [5, 5.41) is 3.31. The van der Waals surface area contributed by atoms with Gasteiger partial charge in [-0.3, -0.25) is 9.59 Å². The molecule has 0 saturated carbocycles. The van der Waals surface area contributed by atoms with Crippen LogP contribution >= 0.6 is 23.2 Å². The van der Waals surface area contributed by atoms with E-state index in [4.69, 9.17) is 28.9 Å². The van der Waals surface area contributed by atoms with Crippen molar-refractivity contribution in [3.05, 3.63) is 64.1 Å². The minimum atomic E-state index is -1.24. The fraction of sp³-hybridized carbons (Fsp3) is 0.263. The number of likely N-dealkylation sites (N-methyl/N-ethyl adjacent to an activating group) is 1. The number of benzene rings is 2. The zero-order valence-electron chi connectivity index (χ0n) is 14.6. The number of anilines is 1. The molecule has 1 unspecified atom stereocenters. The van der Waals surface area contributed by atoms with Crippen molar-refractivity contribution < 1.29 is 9.59 Å². The van der Waals surface area contributed by atoms with Gasteiger partial charge in [0, 0.05) is 6.54 Å². The highest BCUT2D eigenvalue weighted by molar-refractivity contribution is 6.39. The van der Waals surface area contributed by atoms with Gasteiger partial charge in [0.25, 0.3) is 0 Å². The molecule has 0 aliphatic rings. The monoisotopic (exact) mass is 393 g/mol. The lowest BCUT2D eigenvalue weighted by Gasteiger charge is -2.31. The first kappa shape index (κ1) is 20.2. The Balaban J connectivity index is 2.13. The van der Waals surface area contributed by atoms with E-state index >= 15 is 0 Å². The quantitative estimate of drug-likeness (QED) is 0.785. The molecule has 138 valence electrons. The summed E-state index contributed by atoms with van der Waals surface area (Å²) in [5.41, 5.74) is 6.03. The van der Waals surface area contributed by atoms with Crippen molar-refractivity contribution in [2.75, 3.05) is 18.4 Å². The molecular formula is C19H21Cl2N3O2. The average molecular weight is 394 g/mol. The van der Waals surface area contributed by atoms with E-state index in [2.05, 4.69) is 5.32 Å². The second kappa shape index (κ2) is 8.54. The summed E-state index contributed by atoms with van der Waals surface area (Å²) in [4.78, 5) is 26.7. The van der Waals surface area contributed by atoms with Crippen LogP contribution < -0.4 is 11.1 Å². The predicted molar refractivity (Wildman–Crippen MR) is 105 cm³/mol. The van der Waals surface area contributed by atoms with E-state index in [1.807, 2.05) is 18.2 Å². The molecule has 0 radical (unpaired) electrons. The summed E-state index contributed by atoms with van der Waals surface area (Å²) in [5.74, 6) is -0.745. The van der Waals surface area contributed by atoms with Crippen molar-refractivity contribution in [2.45, 2.75) is 19.4 Å². The van der Waals surface area contributed by atoms with Crippen molar-refractivity contribution in [3.63, 3.8) is 0 Å². The predicted octanol–water partition coefficient (Wildman–Crippen LogP) is 3.65. The molecule has 2 rings (SSSR count). The van der Waals surface area contributed by atoms with Gasteiger partial charge >= 0.3 is 0 Å². The van der Waals surface area contributed by atoms with Crippen molar-refractivity contribution in [1.29, 1.82) is 0 Å². The Morgan fingerprint density at radius 3 is 2.19 bits per heavy atom. The first-order valence-corrected chi connectivity index (χ1v) is 8.90. The standard InChI is InChI=1S/C19H21Cl2N3O2/c1-3-24(18(26)19(2,22)13-8-5-4-6-9-13)12-16(25)23-17-14(20)10-7-11-15(17)21/h4-11H,3,12,22H2,1-2H3,(H,23,25). The minimum absolute atomic E-state index is 0.156. The van der Waals surface area contributed by atoms with Crippen LogP contribution in [0.3, 0.4) is 0 Å². The number of nitrogens with two attached hydrogens (primary N) is 1. The minimum Gasteiger partial charge on any atom is -0.332 e. The van der Waals surface area contributed by atoms with E-state index in [0.29, 0.717) is 27.8 Å². The van der Waals surface area contributed by atoms with E-state index in [1.54, 1.807) is 44.2 Å². The van der Waals surface area contributed by atoms with Crippen LogP contribution in [0.25, 0.3) is 0 Å². The topological polar surface area (TPSA) is 75.4 Å². The summed E-state index contributed by atoms with van der Waals surface area (Å²) in [7, 11) is 0. The molecule has 1 atom stereocenters. The molecule has 3 N–H and O–H groups in total. The maximum atomic E-state index is 12.9. The Morgan fingerprint density at radius 1 is 1.08 bits per heavy atom. The largest absolute Gasteiger partial charge is 0.332 e. The first-order chi connectivity index (χ1) is 12.3. The fourth-order valence-corrected chi connectivity index (χ4v) is 3.02. The summed E-state index contributed by atoms with van der Waals surface area (Å²) >= 11 is 12.1. The van der Waals surface area contributed by atoms with E-state index < -0.39 is 11.4 Å². The lowest BCUT2D eigenvalue weighted by molar-refractivity contribution is -0.139. The Hall–Kier alpha value is -2.08. The van der Waals surface area contributed by atoms with Crippen LogP contribution in [0.5, 0.6) is 0 Å². The third-order valence-corrected chi connectivity index (χ3v) is 4.68. The van der Waals surface area contributed by atoms with Gasteiger partial charge in [0.1, 0.15) is 5.54 Å². The Bertz CT molecular complexity index is 774. The molecule has 0 fully saturated rings. The van der Waals surface area contributed by atoms with Crippen LogP contribution in [-0.2, 0) is 15.1 Å². The number of hydrogen-bond donors (Lipinski definition) is 2. The number of hydrogen-bond acceptors (Lipinski definition) is 3. The third kappa shape index (κ3) is 4.55. The molecule has 2 aromatic carbocycles. The van der Waals surface area contributed by atoms with Gasteiger partial charge in [-0.05, 0) is 31.5 Å². The molecule has 26 heavy (non-hydrogen) atoms. The molecule has 2 aromatic rings. The van der Waals surface area contributed by atoms with Crippen molar-refractivity contribution in [3.8, 4) is 0 Å². The number of carbonyl (C=O) groups excluding carboxylic acids is 2. The molecule has 0 aliphatic heterocycles. The van der Waals surface area contributed by atoms with E-state index in [0.717, 1.165) is 0 Å². The van der Waals surface area contributed by atoms with Gasteiger partial charge in [0.2, 0.25) is 11.8 Å². The molecule has 0 saturated heterocycles. The molecule has 2 amide bonds. The summed E-state index contributed by atoms with van der Waals surface area (Å²) < 4.78 is 0. The van der Waals surface area contributed by atoms with E-state index in [1.165, 1.54) is 4.90 Å². The van der Waals surface area contributed by atoms with Gasteiger partial charge in [-0.2, -0.15) is 0 Å².